The Kier molecular flexibility index (Phi) is 4.94. The first kappa shape index (κ1) is 19.0. The fraction of sp³-hybridized carbons (Fsp3) is 0.400. The lowest BCUT2D eigenvalue weighted by Crippen LogP contribution is -2.37. The second kappa shape index (κ2) is 7.56. The van der Waals surface area contributed by atoms with Crippen LogP contribution >= 0.6 is 0 Å². The molecule has 0 spiro atoms. The molecule has 4 heterocycles. The van der Waals surface area contributed by atoms with E-state index in [1.807, 2.05) is 26.2 Å². The highest BCUT2D eigenvalue weighted by Gasteiger charge is 2.23. The van der Waals surface area contributed by atoms with Crippen LogP contribution in [0.15, 0.2) is 18.3 Å². The van der Waals surface area contributed by atoms with Crippen LogP contribution in [-0.4, -0.2) is 45.8 Å². The molecule has 1 aliphatic rings. The van der Waals surface area contributed by atoms with Gasteiger partial charge < -0.3 is 25.3 Å². The first-order valence-corrected chi connectivity index (χ1v) is 9.57. The number of nitrogens with zero attached hydrogens (tertiary/aromatic N) is 6. The second-order valence-electron chi connectivity index (χ2n) is 7.18. The van der Waals surface area contributed by atoms with Crippen LogP contribution in [0.25, 0.3) is 11.0 Å². The highest BCUT2D eigenvalue weighted by atomic mass is 16.5. The van der Waals surface area contributed by atoms with Crippen molar-refractivity contribution >= 4 is 28.4 Å². The third kappa shape index (κ3) is 3.54. The maximum atomic E-state index is 9.49. The van der Waals surface area contributed by atoms with E-state index in [-0.39, 0.29) is 17.4 Å². The normalized spacial score (nSPS) is 15.3. The number of fused-ring (bicyclic) bond motifs is 1. The van der Waals surface area contributed by atoms with Crippen LogP contribution in [0.4, 0.5) is 17.3 Å². The lowest BCUT2D eigenvalue weighted by molar-refractivity contribution is 0.122. The number of aryl methyl sites for hydroxylation is 2. The maximum Gasteiger partial charge on any atom is 0.150 e. The molecule has 4 rings (SSSR count). The van der Waals surface area contributed by atoms with Crippen molar-refractivity contribution in [1.82, 2.24) is 19.5 Å². The number of nitriles is 1. The summed E-state index contributed by atoms with van der Waals surface area (Å²) >= 11 is 0. The number of hydrogen-bond acceptors (Lipinski definition) is 8. The molecule has 3 aromatic heterocycles. The molecule has 150 valence electrons. The summed E-state index contributed by atoms with van der Waals surface area (Å²) in [6.07, 6.45) is 2.00. The Bertz CT molecular complexity index is 1090. The van der Waals surface area contributed by atoms with Gasteiger partial charge in [-0.1, -0.05) is 0 Å². The zero-order valence-corrected chi connectivity index (χ0v) is 16.8. The van der Waals surface area contributed by atoms with E-state index in [9.17, 15) is 5.26 Å². The number of nitrogen functional groups attached to an aromatic ring is 1. The van der Waals surface area contributed by atoms with Crippen LogP contribution in [0.5, 0.6) is 0 Å². The van der Waals surface area contributed by atoms with Crippen molar-refractivity contribution in [2.24, 2.45) is 7.05 Å². The Morgan fingerprint density at radius 3 is 2.76 bits per heavy atom. The first-order valence-electron chi connectivity index (χ1n) is 9.57. The summed E-state index contributed by atoms with van der Waals surface area (Å²) in [6.45, 7) is 6.75. The monoisotopic (exact) mass is 392 g/mol. The summed E-state index contributed by atoms with van der Waals surface area (Å²) in [5, 5.41) is 12.8. The van der Waals surface area contributed by atoms with Crippen LogP contribution in [0.2, 0.25) is 0 Å². The van der Waals surface area contributed by atoms with Gasteiger partial charge in [-0.05, 0) is 26.0 Å². The van der Waals surface area contributed by atoms with Crippen LogP contribution in [0.1, 0.15) is 30.0 Å². The number of anilines is 3. The minimum Gasteiger partial charge on any atom is -0.382 e. The Labute approximate surface area is 169 Å². The van der Waals surface area contributed by atoms with E-state index in [1.165, 1.54) is 0 Å². The van der Waals surface area contributed by atoms with Gasteiger partial charge in [0.25, 0.3) is 0 Å². The second-order valence-corrected chi connectivity index (χ2v) is 7.18. The van der Waals surface area contributed by atoms with Gasteiger partial charge >= 0.3 is 0 Å². The highest BCUT2D eigenvalue weighted by molar-refractivity contribution is 5.81. The van der Waals surface area contributed by atoms with Crippen LogP contribution in [0.3, 0.4) is 0 Å². The summed E-state index contributed by atoms with van der Waals surface area (Å²) in [5.74, 6) is 1.11. The molecule has 3 N–H and O–H groups in total. The first-order chi connectivity index (χ1) is 14.0. The van der Waals surface area contributed by atoms with Crippen molar-refractivity contribution in [3.05, 3.63) is 35.4 Å². The molecule has 0 saturated carbocycles. The molecular weight excluding hydrogens is 368 g/mol. The number of ether oxygens (including phenoxy) is 1. The number of rotatable bonds is 4. The Morgan fingerprint density at radius 1 is 1.28 bits per heavy atom. The predicted molar refractivity (Wildman–Crippen MR) is 112 cm³/mol. The zero-order valence-electron chi connectivity index (χ0n) is 16.8. The Hall–Kier alpha value is -3.38. The molecule has 1 unspecified atom stereocenters. The molecule has 1 fully saturated rings. The number of nitrogens with one attached hydrogen (secondary N) is 1. The fourth-order valence-corrected chi connectivity index (χ4v) is 3.65. The zero-order chi connectivity index (χ0) is 20.5. The number of morpholine rings is 1. The minimum absolute atomic E-state index is 0.176. The molecule has 0 aromatic carbocycles. The molecule has 0 aliphatic carbocycles. The van der Waals surface area contributed by atoms with Crippen LogP contribution < -0.4 is 16.0 Å². The number of aromatic nitrogens is 4. The molecule has 9 nitrogen and oxygen atoms in total. The molecule has 1 aliphatic heterocycles. The summed E-state index contributed by atoms with van der Waals surface area (Å²) < 4.78 is 7.59. The number of nitrogens with two attached hydrogens (primary N) is 1. The van der Waals surface area contributed by atoms with E-state index in [0.29, 0.717) is 24.9 Å². The molecule has 0 amide bonds. The Morgan fingerprint density at radius 2 is 2.03 bits per heavy atom. The third-order valence-corrected chi connectivity index (χ3v) is 5.15. The van der Waals surface area contributed by atoms with Crippen LogP contribution in [0, 0.1) is 18.3 Å². The van der Waals surface area contributed by atoms with Gasteiger partial charge in [-0.3, -0.25) is 0 Å². The van der Waals surface area contributed by atoms with Crippen molar-refractivity contribution in [3.8, 4) is 6.07 Å². The predicted octanol–water partition coefficient (Wildman–Crippen LogP) is 2.14. The van der Waals surface area contributed by atoms with Gasteiger partial charge in [0, 0.05) is 26.3 Å². The molecule has 1 saturated heterocycles. The molecule has 3 aromatic rings. The van der Waals surface area contributed by atoms with E-state index in [0.717, 1.165) is 35.5 Å². The van der Waals surface area contributed by atoms with E-state index < -0.39 is 0 Å². The summed E-state index contributed by atoms with van der Waals surface area (Å²) in [4.78, 5) is 15.7. The maximum absolute atomic E-state index is 9.49. The average molecular weight is 392 g/mol. The molecular formula is C20H24N8O. The standard InChI is InChI=1S/C20H24N8O/c1-12(23-20-14(11-21)19(22)24-13(2)25-20)18-17(28-6-8-29-9-7-28)10-16-15(26-18)4-5-27(16)3/h4-5,10,12H,6-9H2,1-3H3,(H3,22,23,24,25). The molecule has 0 bridgehead atoms. The molecule has 9 heteroatoms. The number of pyridine rings is 1. The quantitative estimate of drug-likeness (QED) is 0.693. The van der Waals surface area contributed by atoms with Gasteiger partial charge in [0.05, 0.1) is 41.7 Å². The van der Waals surface area contributed by atoms with E-state index >= 15 is 0 Å². The van der Waals surface area contributed by atoms with Crippen molar-refractivity contribution < 1.29 is 4.74 Å². The van der Waals surface area contributed by atoms with Gasteiger partial charge in [-0.2, -0.15) is 5.26 Å². The lowest BCUT2D eigenvalue weighted by atomic mass is 10.1. The van der Waals surface area contributed by atoms with Gasteiger partial charge in [-0.15, -0.1) is 0 Å². The molecule has 29 heavy (non-hydrogen) atoms. The van der Waals surface area contributed by atoms with Crippen molar-refractivity contribution in [1.29, 1.82) is 5.26 Å². The average Bonchev–Trinajstić information content (AvgIpc) is 3.07. The largest absolute Gasteiger partial charge is 0.382 e. The van der Waals surface area contributed by atoms with Crippen molar-refractivity contribution in [2.75, 3.05) is 42.3 Å². The molecule has 1 atom stereocenters. The third-order valence-electron chi connectivity index (χ3n) is 5.15. The minimum atomic E-state index is -0.196. The van der Waals surface area contributed by atoms with Crippen molar-refractivity contribution in [3.63, 3.8) is 0 Å². The molecule has 0 radical (unpaired) electrons. The van der Waals surface area contributed by atoms with E-state index in [4.69, 9.17) is 15.5 Å². The van der Waals surface area contributed by atoms with E-state index in [1.54, 1.807) is 6.92 Å². The van der Waals surface area contributed by atoms with Crippen LogP contribution in [-0.2, 0) is 11.8 Å². The highest BCUT2D eigenvalue weighted by Crippen LogP contribution is 2.32. The van der Waals surface area contributed by atoms with Gasteiger partial charge in [0.2, 0.25) is 0 Å². The SMILES string of the molecule is Cc1nc(N)c(C#N)c(NC(C)c2nc3ccn(C)c3cc2N2CCOCC2)n1. The lowest BCUT2D eigenvalue weighted by Gasteiger charge is -2.31. The van der Waals surface area contributed by atoms with E-state index in [2.05, 4.69) is 36.9 Å². The van der Waals surface area contributed by atoms with Gasteiger partial charge in [0.15, 0.2) is 0 Å². The summed E-state index contributed by atoms with van der Waals surface area (Å²) in [6, 6.07) is 6.07. The van der Waals surface area contributed by atoms with Gasteiger partial charge in [0.1, 0.15) is 29.1 Å². The van der Waals surface area contributed by atoms with Crippen molar-refractivity contribution in [2.45, 2.75) is 19.9 Å². The number of hydrogen-bond donors (Lipinski definition) is 2. The smallest absolute Gasteiger partial charge is 0.150 e. The van der Waals surface area contributed by atoms with Gasteiger partial charge in [-0.25, -0.2) is 15.0 Å². The summed E-state index contributed by atoms with van der Waals surface area (Å²) in [5.41, 5.74) is 10.1. The topological polar surface area (TPSA) is 118 Å². The summed E-state index contributed by atoms with van der Waals surface area (Å²) in [7, 11) is 2.01. The Balaban J connectivity index is 1.77. The fourth-order valence-electron chi connectivity index (χ4n) is 3.65.